The standard InChI is InChI=1S/C12H15N3O2S/c1-8-7-18-10(13-8)6-15-11(16)9-4-2-3-5-14(9)12(15)17/h7,9H,2-6H2,1H3. The van der Waals surface area contributed by atoms with Crippen LogP contribution >= 0.6 is 11.3 Å². The van der Waals surface area contributed by atoms with Crippen LogP contribution in [0.2, 0.25) is 0 Å². The van der Waals surface area contributed by atoms with Gasteiger partial charge in [0.1, 0.15) is 11.0 Å². The molecule has 2 fully saturated rings. The average molecular weight is 265 g/mol. The topological polar surface area (TPSA) is 53.5 Å². The number of piperidine rings is 1. The van der Waals surface area contributed by atoms with Gasteiger partial charge in [-0.2, -0.15) is 0 Å². The van der Waals surface area contributed by atoms with E-state index >= 15 is 0 Å². The van der Waals surface area contributed by atoms with Crippen LogP contribution < -0.4 is 0 Å². The highest BCUT2D eigenvalue weighted by atomic mass is 32.1. The first-order valence-corrected chi connectivity index (χ1v) is 7.08. The minimum atomic E-state index is -0.215. The molecule has 0 spiro atoms. The van der Waals surface area contributed by atoms with Gasteiger partial charge in [-0.05, 0) is 26.2 Å². The number of rotatable bonds is 2. The van der Waals surface area contributed by atoms with Gasteiger partial charge in [0.15, 0.2) is 0 Å². The Morgan fingerprint density at radius 3 is 2.94 bits per heavy atom. The molecule has 96 valence electrons. The number of hydrogen-bond acceptors (Lipinski definition) is 4. The molecule has 1 unspecified atom stereocenters. The zero-order chi connectivity index (χ0) is 12.7. The maximum absolute atomic E-state index is 12.2. The third kappa shape index (κ3) is 1.80. The first kappa shape index (κ1) is 11.6. The molecule has 1 atom stereocenters. The van der Waals surface area contributed by atoms with E-state index in [0.717, 1.165) is 30.0 Å². The summed E-state index contributed by atoms with van der Waals surface area (Å²) in [5.41, 5.74) is 0.937. The second kappa shape index (κ2) is 4.35. The lowest BCUT2D eigenvalue weighted by Gasteiger charge is -2.25. The Hall–Kier alpha value is -1.43. The van der Waals surface area contributed by atoms with Crippen LogP contribution in [0, 0.1) is 6.92 Å². The van der Waals surface area contributed by atoms with E-state index in [1.54, 1.807) is 4.90 Å². The van der Waals surface area contributed by atoms with Crippen molar-refractivity contribution in [3.05, 3.63) is 16.1 Å². The van der Waals surface area contributed by atoms with E-state index < -0.39 is 0 Å². The SMILES string of the molecule is Cc1csc(CN2C(=O)C3CCCCN3C2=O)n1. The first-order chi connectivity index (χ1) is 8.66. The minimum Gasteiger partial charge on any atom is -0.312 e. The van der Waals surface area contributed by atoms with Crippen molar-refractivity contribution in [1.29, 1.82) is 0 Å². The van der Waals surface area contributed by atoms with Gasteiger partial charge >= 0.3 is 6.03 Å². The van der Waals surface area contributed by atoms with Crippen molar-refractivity contribution in [2.24, 2.45) is 0 Å². The van der Waals surface area contributed by atoms with Crippen LogP contribution in [0.5, 0.6) is 0 Å². The number of amides is 3. The number of hydrogen-bond donors (Lipinski definition) is 0. The van der Waals surface area contributed by atoms with E-state index in [9.17, 15) is 9.59 Å². The normalized spacial score (nSPS) is 23.7. The summed E-state index contributed by atoms with van der Waals surface area (Å²) in [5.74, 6) is -0.0486. The Labute approximate surface area is 109 Å². The van der Waals surface area contributed by atoms with Gasteiger partial charge in [-0.3, -0.25) is 9.69 Å². The number of nitrogens with zero attached hydrogens (tertiary/aromatic N) is 3. The predicted octanol–water partition coefficient (Wildman–Crippen LogP) is 1.77. The third-order valence-electron chi connectivity index (χ3n) is 3.49. The van der Waals surface area contributed by atoms with Gasteiger partial charge in [0.25, 0.3) is 5.91 Å². The molecule has 0 aromatic carbocycles. The maximum atomic E-state index is 12.2. The monoisotopic (exact) mass is 265 g/mol. The Morgan fingerprint density at radius 2 is 2.28 bits per heavy atom. The number of aromatic nitrogens is 1. The van der Waals surface area contributed by atoms with Gasteiger partial charge in [0.05, 0.1) is 6.54 Å². The average Bonchev–Trinajstić information content (AvgIpc) is 2.88. The van der Waals surface area contributed by atoms with Gasteiger partial charge in [-0.25, -0.2) is 9.78 Å². The van der Waals surface area contributed by atoms with Crippen molar-refractivity contribution >= 4 is 23.3 Å². The van der Waals surface area contributed by atoms with Crippen molar-refractivity contribution in [3.63, 3.8) is 0 Å². The van der Waals surface area contributed by atoms with Crippen molar-refractivity contribution in [3.8, 4) is 0 Å². The molecule has 5 nitrogen and oxygen atoms in total. The summed E-state index contributed by atoms with van der Waals surface area (Å²) in [6, 6.07) is -0.357. The number of urea groups is 1. The summed E-state index contributed by atoms with van der Waals surface area (Å²) in [7, 11) is 0. The van der Waals surface area contributed by atoms with Crippen LogP contribution in [0.3, 0.4) is 0 Å². The van der Waals surface area contributed by atoms with Gasteiger partial charge in [0.2, 0.25) is 0 Å². The van der Waals surface area contributed by atoms with Gasteiger partial charge in [0, 0.05) is 17.6 Å². The second-order valence-corrected chi connectivity index (χ2v) is 5.74. The van der Waals surface area contributed by atoms with Crippen LogP contribution in [0.1, 0.15) is 30.0 Å². The summed E-state index contributed by atoms with van der Waals surface area (Å²) < 4.78 is 0. The van der Waals surface area contributed by atoms with Crippen LogP contribution in [0.15, 0.2) is 5.38 Å². The van der Waals surface area contributed by atoms with Crippen molar-refractivity contribution in [1.82, 2.24) is 14.8 Å². The molecule has 18 heavy (non-hydrogen) atoms. The Balaban J connectivity index is 1.80. The van der Waals surface area contributed by atoms with E-state index in [1.807, 2.05) is 12.3 Å². The summed E-state index contributed by atoms with van der Waals surface area (Å²) in [6.07, 6.45) is 2.84. The Morgan fingerprint density at radius 1 is 1.44 bits per heavy atom. The number of thiazole rings is 1. The van der Waals surface area contributed by atoms with Crippen molar-refractivity contribution < 1.29 is 9.59 Å². The molecule has 2 aliphatic heterocycles. The minimum absolute atomic E-state index is 0.0486. The Kier molecular flexibility index (Phi) is 2.81. The molecule has 3 heterocycles. The smallest absolute Gasteiger partial charge is 0.312 e. The van der Waals surface area contributed by atoms with E-state index in [0.29, 0.717) is 13.1 Å². The lowest BCUT2D eigenvalue weighted by Crippen LogP contribution is -2.38. The molecule has 0 aliphatic carbocycles. The molecule has 3 amide bonds. The lowest BCUT2D eigenvalue weighted by molar-refractivity contribution is -0.129. The van der Waals surface area contributed by atoms with E-state index in [4.69, 9.17) is 0 Å². The molecule has 0 N–H and O–H groups in total. The van der Waals surface area contributed by atoms with Crippen LogP contribution in [0.4, 0.5) is 4.79 Å². The van der Waals surface area contributed by atoms with Crippen molar-refractivity contribution in [2.75, 3.05) is 6.54 Å². The van der Waals surface area contributed by atoms with Crippen LogP contribution in [-0.2, 0) is 11.3 Å². The molecule has 6 heteroatoms. The summed E-state index contributed by atoms with van der Waals surface area (Å²) >= 11 is 1.50. The summed E-state index contributed by atoms with van der Waals surface area (Å²) in [5, 5.41) is 2.77. The zero-order valence-electron chi connectivity index (χ0n) is 10.3. The Bertz CT molecular complexity index is 475. The van der Waals surface area contributed by atoms with E-state index in [-0.39, 0.29) is 18.0 Å². The summed E-state index contributed by atoms with van der Waals surface area (Å²) in [4.78, 5) is 31.8. The number of fused-ring (bicyclic) bond motifs is 1. The van der Waals surface area contributed by atoms with Crippen LogP contribution in [-0.4, -0.2) is 39.3 Å². The van der Waals surface area contributed by atoms with E-state index in [2.05, 4.69) is 4.98 Å². The van der Waals surface area contributed by atoms with Gasteiger partial charge in [-0.1, -0.05) is 0 Å². The molecule has 3 rings (SSSR count). The fourth-order valence-electron chi connectivity index (χ4n) is 2.60. The molecule has 1 aromatic heterocycles. The molecule has 0 radical (unpaired) electrons. The number of carbonyl (C=O) groups excluding carboxylic acids is 2. The maximum Gasteiger partial charge on any atom is 0.327 e. The molecule has 2 aliphatic rings. The molecule has 2 saturated heterocycles. The number of carbonyl (C=O) groups is 2. The molecular weight excluding hydrogens is 250 g/mol. The lowest BCUT2D eigenvalue weighted by atomic mass is 10.0. The zero-order valence-corrected chi connectivity index (χ0v) is 11.1. The van der Waals surface area contributed by atoms with E-state index in [1.165, 1.54) is 16.2 Å². The highest BCUT2D eigenvalue weighted by molar-refractivity contribution is 7.09. The van der Waals surface area contributed by atoms with Gasteiger partial charge in [-0.15, -0.1) is 11.3 Å². The predicted molar refractivity (Wildman–Crippen MR) is 67.1 cm³/mol. The van der Waals surface area contributed by atoms with Crippen molar-refractivity contribution in [2.45, 2.75) is 38.8 Å². The quantitative estimate of drug-likeness (QED) is 0.766. The fraction of sp³-hybridized carbons (Fsp3) is 0.583. The third-order valence-corrected chi connectivity index (χ3v) is 4.44. The first-order valence-electron chi connectivity index (χ1n) is 6.20. The molecular formula is C12H15N3O2S. The molecule has 0 bridgehead atoms. The molecule has 0 saturated carbocycles. The fourth-order valence-corrected chi connectivity index (χ4v) is 3.36. The number of imide groups is 1. The largest absolute Gasteiger partial charge is 0.327 e. The van der Waals surface area contributed by atoms with Crippen LogP contribution in [0.25, 0.3) is 0 Å². The highest BCUT2D eigenvalue weighted by Crippen LogP contribution is 2.28. The highest BCUT2D eigenvalue weighted by Gasteiger charge is 2.45. The number of aryl methyl sites for hydroxylation is 1. The summed E-state index contributed by atoms with van der Waals surface area (Å²) in [6.45, 7) is 2.95. The second-order valence-electron chi connectivity index (χ2n) is 4.79. The molecule has 1 aromatic rings. The van der Waals surface area contributed by atoms with Gasteiger partial charge < -0.3 is 4.90 Å².